The van der Waals surface area contributed by atoms with Crippen LogP contribution in [0.2, 0.25) is 0 Å². The number of H-pyrrole nitrogens is 1. The summed E-state index contributed by atoms with van der Waals surface area (Å²) in [6.45, 7) is 2.47. The quantitative estimate of drug-likeness (QED) is 0.471. The molecule has 200 valence electrons. The monoisotopic (exact) mass is 526 g/mol. The van der Waals surface area contributed by atoms with Gasteiger partial charge in [-0.05, 0) is 31.4 Å². The fourth-order valence-electron chi connectivity index (χ4n) is 5.35. The number of amides is 2. The molecule has 2 aliphatic rings. The summed E-state index contributed by atoms with van der Waals surface area (Å²) >= 11 is 0. The molecule has 0 saturated carbocycles. The second-order valence-electron chi connectivity index (χ2n) is 9.91. The third kappa shape index (κ3) is 5.46. The Morgan fingerprint density at radius 3 is 2.82 bits per heavy atom. The highest BCUT2D eigenvalue weighted by Crippen LogP contribution is 2.34. The zero-order chi connectivity index (χ0) is 27.4. The van der Waals surface area contributed by atoms with Gasteiger partial charge in [-0.25, -0.2) is 15.0 Å². The van der Waals surface area contributed by atoms with E-state index in [2.05, 4.69) is 25.2 Å². The molecule has 2 atom stereocenters. The van der Waals surface area contributed by atoms with Crippen LogP contribution >= 0.6 is 0 Å². The van der Waals surface area contributed by atoms with Gasteiger partial charge in [-0.15, -0.1) is 0 Å². The highest BCUT2D eigenvalue weighted by Gasteiger charge is 2.30. The van der Waals surface area contributed by atoms with Gasteiger partial charge in [-0.3, -0.25) is 9.59 Å². The van der Waals surface area contributed by atoms with Crippen molar-refractivity contribution in [2.45, 2.75) is 44.2 Å². The zero-order valence-electron chi connectivity index (χ0n) is 21.8. The SMILES string of the molecule is CN(C(=O)CC#N)C1CCN(c2nccc(-c3cnc4[nH]ccc4c3N[C@@H]3CCCN(C(=O)CC#N)C3)n2)C1. The van der Waals surface area contributed by atoms with Crippen molar-refractivity contribution < 1.29 is 9.59 Å². The van der Waals surface area contributed by atoms with E-state index in [4.69, 9.17) is 15.5 Å². The first-order chi connectivity index (χ1) is 19.0. The lowest BCUT2D eigenvalue weighted by Gasteiger charge is -2.34. The molecule has 5 rings (SSSR count). The van der Waals surface area contributed by atoms with Crippen LogP contribution in [0.25, 0.3) is 22.3 Å². The van der Waals surface area contributed by atoms with Crippen LogP contribution in [0.3, 0.4) is 0 Å². The van der Waals surface area contributed by atoms with E-state index in [0.717, 1.165) is 41.5 Å². The molecule has 0 bridgehead atoms. The number of likely N-dealkylation sites (tertiary alicyclic amines) is 1. The van der Waals surface area contributed by atoms with Gasteiger partial charge in [0, 0.05) is 68.8 Å². The average molecular weight is 527 g/mol. The number of nitrogens with zero attached hydrogens (tertiary/aromatic N) is 8. The number of nitriles is 2. The molecule has 12 heteroatoms. The summed E-state index contributed by atoms with van der Waals surface area (Å²) in [6, 6.07) is 7.71. The third-order valence-corrected chi connectivity index (χ3v) is 7.48. The number of carbonyl (C=O) groups excluding carboxylic acids is 2. The Balaban J connectivity index is 1.40. The number of likely N-dealkylation sites (N-methyl/N-ethyl adjacent to an activating group) is 1. The molecular formula is C27H30N10O2. The maximum atomic E-state index is 12.4. The van der Waals surface area contributed by atoms with Crippen LogP contribution in [0.15, 0.2) is 30.7 Å². The predicted octanol–water partition coefficient (Wildman–Crippen LogP) is 2.29. The molecule has 0 aromatic carbocycles. The van der Waals surface area contributed by atoms with E-state index >= 15 is 0 Å². The number of anilines is 2. The number of piperidine rings is 1. The molecule has 39 heavy (non-hydrogen) atoms. The van der Waals surface area contributed by atoms with Crippen LogP contribution < -0.4 is 10.2 Å². The summed E-state index contributed by atoms with van der Waals surface area (Å²) in [6.07, 6.45) is 7.63. The Bertz CT molecular complexity index is 1450. The first kappa shape index (κ1) is 25.9. The van der Waals surface area contributed by atoms with E-state index in [0.29, 0.717) is 37.8 Å². The normalized spacial score (nSPS) is 18.9. The molecule has 2 N–H and O–H groups in total. The molecule has 2 aliphatic heterocycles. The minimum atomic E-state index is -0.184. The van der Waals surface area contributed by atoms with Crippen LogP contribution in [0.5, 0.6) is 0 Å². The summed E-state index contributed by atoms with van der Waals surface area (Å²) in [4.78, 5) is 47.2. The van der Waals surface area contributed by atoms with Gasteiger partial charge in [-0.2, -0.15) is 10.5 Å². The van der Waals surface area contributed by atoms with Crippen LogP contribution in [-0.4, -0.2) is 86.9 Å². The Hall–Kier alpha value is -4.71. The lowest BCUT2D eigenvalue weighted by Crippen LogP contribution is -2.45. The van der Waals surface area contributed by atoms with Crippen LogP contribution in [0, 0.1) is 22.7 Å². The number of carbonyl (C=O) groups is 2. The highest BCUT2D eigenvalue weighted by molar-refractivity contribution is 5.97. The number of fused-ring (bicyclic) bond motifs is 1. The minimum Gasteiger partial charge on any atom is -0.379 e. The summed E-state index contributed by atoms with van der Waals surface area (Å²) in [7, 11) is 1.74. The Kier molecular flexibility index (Phi) is 7.55. The standard InChI is InChI=1S/C27H30N10O2/c1-35(23(38)4-9-28)19-8-14-37(17-19)27-31-12-7-22(34-27)21-15-32-26-20(6-11-30-26)25(21)33-18-3-2-13-36(16-18)24(39)5-10-29/h6-7,11-12,15,18-19H,2-5,8,13-14,16-17H2,1H3,(H2,30,32,33)/t18-,19?/m1/s1. The molecule has 5 heterocycles. The van der Waals surface area contributed by atoms with Crippen LogP contribution in [-0.2, 0) is 9.59 Å². The lowest BCUT2D eigenvalue weighted by molar-refractivity contribution is -0.131. The fraction of sp³-hybridized carbons (Fsp3) is 0.444. The van der Waals surface area contributed by atoms with Crippen molar-refractivity contribution in [3.8, 4) is 23.4 Å². The zero-order valence-corrected chi connectivity index (χ0v) is 21.8. The van der Waals surface area contributed by atoms with Gasteiger partial charge in [0.15, 0.2) is 0 Å². The van der Waals surface area contributed by atoms with E-state index in [9.17, 15) is 9.59 Å². The third-order valence-electron chi connectivity index (χ3n) is 7.48. The Morgan fingerprint density at radius 2 is 2.00 bits per heavy atom. The summed E-state index contributed by atoms with van der Waals surface area (Å²) < 4.78 is 0. The van der Waals surface area contributed by atoms with E-state index in [1.165, 1.54) is 0 Å². The van der Waals surface area contributed by atoms with E-state index in [1.807, 2.05) is 30.5 Å². The van der Waals surface area contributed by atoms with Gasteiger partial charge in [0.25, 0.3) is 0 Å². The first-order valence-corrected chi connectivity index (χ1v) is 13.1. The van der Waals surface area contributed by atoms with Gasteiger partial charge in [0.2, 0.25) is 17.8 Å². The predicted molar refractivity (Wildman–Crippen MR) is 144 cm³/mol. The smallest absolute Gasteiger partial charge is 0.236 e. The van der Waals surface area contributed by atoms with Gasteiger partial charge >= 0.3 is 0 Å². The van der Waals surface area contributed by atoms with Crippen molar-refractivity contribution in [3.05, 3.63) is 30.7 Å². The second-order valence-corrected chi connectivity index (χ2v) is 9.91. The number of hydrogen-bond acceptors (Lipinski definition) is 9. The lowest BCUT2D eigenvalue weighted by atomic mass is 10.0. The van der Waals surface area contributed by atoms with Crippen molar-refractivity contribution in [1.82, 2.24) is 29.7 Å². The molecule has 1 unspecified atom stereocenters. The maximum Gasteiger partial charge on any atom is 0.236 e. The van der Waals surface area contributed by atoms with Gasteiger partial charge in [-0.1, -0.05) is 0 Å². The second kappa shape index (κ2) is 11.4. The minimum absolute atomic E-state index is 0.00815. The first-order valence-electron chi connectivity index (χ1n) is 13.1. The number of nitrogens with one attached hydrogen (secondary N) is 2. The molecule has 2 amide bonds. The van der Waals surface area contributed by atoms with Crippen molar-refractivity contribution >= 4 is 34.5 Å². The molecule has 12 nitrogen and oxygen atoms in total. The number of hydrogen-bond donors (Lipinski definition) is 2. The van der Waals surface area contributed by atoms with E-state index < -0.39 is 0 Å². The molecule has 2 saturated heterocycles. The Morgan fingerprint density at radius 1 is 1.15 bits per heavy atom. The summed E-state index contributed by atoms with van der Waals surface area (Å²) in [5, 5.41) is 22.4. The maximum absolute atomic E-state index is 12.4. The Labute approximate surface area is 226 Å². The van der Waals surface area contributed by atoms with Crippen LogP contribution in [0.4, 0.5) is 11.6 Å². The summed E-state index contributed by atoms with van der Waals surface area (Å²) in [5.41, 5.74) is 3.16. The van der Waals surface area contributed by atoms with Crippen LogP contribution in [0.1, 0.15) is 32.1 Å². The molecule has 2 fully saturated rings. The molecule has 0 spiro atoms. The number of aromatic nitrogens is 4. The van der Waals surface area contributed by atoms with Gasteiger partial charge in [0.1, 0.15) is 18.5 Å². The molecule has 3 aromatic rings. The average Bonchev–Trinajstić information content (AvgIpc) is 3.64. The summed E-state index contributed by atoms with van der Waals surface area (Å²) in [5.74, 6) is 0.244. The topological polar surface area (TPSA) is 158 Å². The molecule has 0 aliphatic carbocycles. The number of pyridine rings is 1. The van der Waals surface area contributed by atoms with Crippen molar-refractivity contribution in [1.29, 1.82) is 10.5 Å². The fourth-order valence-corrected chi connectivity index (χ4v) is 5.35. The van der Waals surface area contributed by atoms with Gasteiger partial charge in [0.05, 0.1) is 29.6 Å². The number of rotatable bonds is 7. The van der Waals surface area contributed by atoms with E-state index in [1.54, 1.807) is 29.2 Å². The largest absolute Gasteiger partial charge is 0.379 e. The molecule has 3 aromatic heterocycles. The van der Waals surface area contributed by atoms with Crippen molar-refractivity contribution in [3.63, 3.8) is 0 Å². The van der Waals surface area contributed by atoms with Crippen molar-refractivity contribution in [2.24, 2.45) is 0 Å². The molecular weight excluding hydrogens is 496 g/mol. The van der Waals surface area contributed by atoms with E-state index in [-0.39, 0.29) is 36.7 Å². The van der Waals surface area contributed by atoms with Crippen molar-refractivity contribution in [2.75, 3.05) is 43.4 Å². The number of aromatic amines is 1. The molecule has 0 radical (unpaired) electrons. The van der Waals surface area contributed by atoms with Gasteiger partial charge < -0.3 is 25.0 Å². The highest BCUT2D eigenvalue weighted by atomic mass is 16.2.